The monoisotopic (exact) mass is 306 g/mol. The molecule has 2 unspecified atom stereocenters. The molecule has 5 rings (SSSR count). The zero-order valence-corrected chi connectivity index (χ0v) is 12.2. The molecule has 1 fully saturated rings. The summed E-state index contributed by atoms with van der Waals surface area (Å²) in [5.74, 6) is -1.26. The van der Waals surface area contributed by atoms with Crippen molar-refractivity contribution in [2.24, 2.45) is 5.89 Å². The predicted octanol–water partition coefficient (Wildman–Crippen LogP) is 1.50. The Bertz CT molecular complexity index is 935. The summed E-state index contributed by atoms with van der Waals surface area (Å²) < 4.78 is 67.7. The fourth-order valence-electron chi connectivity index (χ4n) is 4.81. The van der Waals surface area contributed by atoms with Gasteiger partial charge in [-0.2, -0.15) is 0 Å². The molecule has 1 N–H and O–H groups in total. The summed E-state index contributed by atoms with van der Waals surface area (Å²) >= 11 is 0. The molecule has 4 aliphatic rings. The Hall–Kier alpha value is -1.52. The number of rotatable bonds is 2. The number of likely N-dealkylation sites (N-methyl/N-ethyl adjacent to an activating group) is 1. The third-order valence-corrected chi connectivity index (χ3v) is 5.77. The molecule has 1 spiro atoms. The molecule has 4 nitrogen and oxygen atoms in total. The molecule has 0 amide bonds. The van der Waals surface area contributed by atoms with E-state index in [1.54, 1.807) is 12.2 Å². The van der Waals surface area contributed by atoms with E-state index < -0.39 is 30.6 Å². The van der Waals surface area contributed by atoms with Gasteiger partial charge in [0, 0.05) is 24.3 Å². The fourth-order valence-corrected chi connectivity index (χ4v) is 4.81. The van der Waals surface area contributed by atoms with Gasteiger partial charge in [0.15, 0.2) is 11.5 Å². The average Bonchev–Trinajstić information content (AvgIpc) is 2.98. The van der Waals surface area contributed by atoms with Crippen molar-refractivity contribution in [3.05, 3.63) is 35.4 Å². The Kier molecular flexibility index (Phi) is 1.45. The van der Waals surface area contributed by atoms with Crippen LogP contribution in [0.3, 0.4) is 0 Å². The van der Waals surface area contributed by atoms with Gasteiger partial charge in [-0.05, 0) is 38.0 Å². The Morgan fingerprint density at radius 2 is 2.55 bits per heavy atom. The topological polar surface area (TPSA) is 41.9 Å². The van der Waals surface area contributed by atoms with Gasteiger partial charge in [-0.1, -0.05) is 18.2 Å². The fraction of sp³-hybridized carbons (Fsp3) is 0.556. The van der Waals surface area contributed by atoms with Crippen molar-refractivity contribution in [1.82, 2.24) is 4.90 Å². The first-order valence-electron chi connectivity index (χ1n) is 11.0. The van der Waals surface area contributed by atoms with Crippen LogP contribution in [0.2, 0.25) is 0 Å². The van der Waals surface area contributed by atoms with Crippen LogP contribution in [0.1, 0.15) is 25.8 Å². The van der Waals surface area contributed by atoms with E-state index in [0.717, 1.165) is 0 Å². The van der Waals surface area contributed by atoms with Crippen LogP contribution >= 0.6 is 0 Å². The number of hydrogen-bond donors (Lipinski definition) is 1. The zero-order chi connectivity index (χ0) is 20.9. The second-order valence-corrected chi connectivity index (χ2v) is 6.60. The van der Waals surface area contributed by atoms with E-state index in [1.165, 1.54) is 0 Å². The number of ether oxygens (including phenoxy) is 2. The average molecular weight is 306 g/mol. The van der Waals surface area contributed by atoms with Crippen LogP contribution in [0.5, 0.6) is 11.5 Å². The van der Waals surface area contributed by atoms with Gasteiger partial charge in [0.05, 0.1) is 13.9 Å². The normalized spacial score (nSPS) is 49.5. The van der Waals surface area contributed by atoms with Crippen molar-refractivity contribution in [2.75, 3.05) is 20.6 Å². The van der Waals surface area contributed by atoms with E-state index in [0.29, 0.717) is 30.5 Å². The smallest absolute Gasteiger partial charge is 0.211 e. The minimum absolute atomic E-state index is 0.0909. The van der Waals surface area contributed by atoms with Crippen molar-refractivity contribution in [3.63, 3.8) is 0 Å². The lowest BCUT2D eigenvalue weighted by atomic mass is 9.53. The lowest BCUT2D eigenvalue weighted by Crippen LogP contribution is -2.64. The number of piperidine rings is 1. The molecule has 2 heterocycles. The molecule has 1 saturated heterocycles. The van der Waals surface area contributed by atoms with E-state index in [-0.39, 0.29) is 29.6 Å². The van der Waals surface area contributed by atoms with Gasteiger partial charge in [-0.3, -0.25) is 0 Å². The summed E-state index contributed by atoms with van der Waals surface area (Å²) in [6.07, 6.45) is 2.87. The lowest BCUT2D eigenvalue weighted by Gasteiger charge is -2.56. The summed E-state index contributed by atoms with van der Waals surface area (Å²) in [7, 11) is -0.865. The summed E-state index contributed by atoms with van der Waals surface area (Å²) in [6.45, 7) is 0.689. The Morgan fingerprint density at radius 3 is 3.41 bits per heavy atom. The van der Waals surface area contributed by atoms with E-state index in [4.69, 9.17) is 22.9 Å². The first-order chi connectivity index (χ1) is 13.5. The van der Waals surface area contributed by atoms with Crippen molar-refractivity contribution in [2.45, 2.75) is 36.5 Å². The molecule has 2 aliphatic heterocycles. The number of benzene rings is 1. The summed E-state index contributed by atoms with van der Waals surface area (Å²) in [4.78, 5) is 2.10. The molecule has 22 heavy (non-hydrogen) atoms. The maximum atomic E-state index is 9.46. The molecule has 5 atom stereocenters. The maximum Gasteiger partial charge on any atom is 0.211 e. The minimum atomic E-state index is -2.81. The van der Waals surface area contributed by atoms with Crippen LogP contribution in [-0.2, 0) is 11.8 Å². The van der Waals surface area contributed by atoms with Gasteiger partial charge in [-0.15, -0.1) is 0 Å². The third kappa shape index (κ3) is 1.28. The van der Waals surface area contributed by atoms with Crippen molar-refractivity contribution < 1.29 is 22.8 Å². The highest BCUT2D eigenvalue weighted by Gasteiger charge is 2.64. The van der Waals surface area contributed by atoms with E-state index in [2.05, 4.69) is 4.90 Å². The zero-order valence-electron chi connectivity index (χ0n) is 19.2. The molecule has 0 radical (unpaired) electrons. The molecule has 0 aromatic heterocycles. The molecule has 4 heteroatoms. The van der Waals surface area contributed by atoms with Gasteiger partial charge in [0.25, 0.3) is 0 Å². The highest BCUT2D eigenvalue weighted by molar-refractivity contribution is 5.62. The van der Waals surface area contributed by atoms with E-state index >= 15 is 0 Å². The highest BCUT2D eigenvalue weighted by Crippen LogP contribution is 2.62. The maximum absolute atomic E-state index is 9.46. The number of aliphatic hydroxyl groups excluding tert-OH is 1. The summed E-state index contributed by atoms with van der Waals surface area (Å²) in [5, 5.41) is 4.90. The standard InChI is InChI=1S/C18H21NO3/c1-19-8-7-18-11-4-5-13(20)17(18)22-16-14(21-2)6-3-10(15(16)18)9-12(11)19/h3-6,11-13,17,20H,7-9H2,1-2H3/t11-,12+,13?,17?,18-/m0/s1/i2D3,3D,6D,11D,20D. The van der Waals surface area contributed by atoms with Crippen LogP contribution in [-0.4, -0.2) is 50.3 Å². The van der Waals surface area contributed by atoms with Crippen LogP contribution in [0.15, 0.2) is 24.2 Å². The van der Waals surface area contributed by atoms with Crippen molar-refractivity contribution >= 4 is 0 Å². The number of nitrogens with zero attached hydrogens (tertiary/aromatic N) is 1. The molecule has 2 aliphatic carbocycles. The molecular formula is C18H21NO3. The van der Waals surface area contributed by atoms with Gasteiger partial charge < -0.3 is 19.5 Å². The number of aliphatic hydroxyl groups is 1. The molecule has 1 aromatic rings. The molecular weight excluding hydrogens is 278 g/mol. The lowest BCUT2D eigenvalue weighted by molar-refractivity contribution is -0.0453. The SMILES string of the molecule is [2H]OC1C=C[C@@]2([2H])[C@H]3Cc4c([2H])c([2H])c(OC([2H])([2H])[2H])c5c4[C@@]2(CCN3C)C1O5. The van der Waals surface area contributed by atoms with Gasteiger partial charge >= 0.3 is 0 Å². The molecule has 2 bridgehead atoms. The van der Waals surface area contributed by atoms with Gasteiger partial charge in [-0.25, -0.2) is 0 Å². The molecule has 116 valence electrons. The Balaban J connectivity index is 1.85. The van der Waals surface area contributed by atoms with Crippen LogP contribution in [0.4, 0.5) is 0 Å². The largest absolute Gasteiger partial charge is 0.493 e. The van der Waals surface area contributed by atoms with E-state index in [9.17, 15) is 1.37 Å². The van der Waals surface area contributed by atoms with Crippen LogP contribution in [0, 0.1) is 5.89 Å². The highest BCUT2D eigenvalue weighted by atomic mass is 16.5. The summed E-state index contributed by atoms with van der Waals surface area (Å²) in [6, 6.07) is -0.659. The molecule has 1 aromatic carbocycles. The Morgan fingerprint density at radius 1 is 1.59 bits per heavy atom. The minimum Gasteiger partial charge on any atom is -0.493 e. The van der Waals surface area contributed by atoms with Gasteiger partial charge in [0.2, 0.25) is 1.43 Å². The van der Waals surface area contributed by atoms with Crippen LogP contribution < -0.4 is 9.47 Å². The quantitative estimate of drug-likeness (QED) is 0.841. The first kappa shape index (κ1) is 7.84. The Labute approximate surface area is 140 Å². The number of methoxy groups -OCH3 is 1. The first-order valence-corrected chi connectivity index (χ1v) is 7.59. The van der Waals surface area contributed by atoms with Crippen molar-refractivity contribution in [3.8, 4) is 11.5 Å². The third-order valence-electron chi connectivity index (χ3n) is 5.77. The van der Waals surface area contributed by atoms with Gasteiger partial charge in [0.1, 0.15) is 12.2 Å². The van der Waals surface area contributed by atoms with Crippen molar-refractivity contribution in [1.29, 1.82) is 1.43 Å². The van der Waals surface area contributed by atoms with Crippen LogP contribution in [0.25, 0.3) is 0 Å². The predicted molar refractivity (Wildman–Crippen MR) is 82.5 cm³/mol. The van der Waals surface area contributed by atoms with E-state index in [1.807, 2.05) is 7.05 Å². The number of likely N-dealkylation sites (tertiary alicyclic amines) is 1. The number of hydrogen-bond acceptors (Lipinski definition) is 4. The second kappa shape index (κ2) is 4.06. The molecule has 0 saturated carbocycles. The second-order valence-electron chi connectivity index (χ2n) is 6.60. The summed E-state index contributed by atoms with van der Waals surface area (Å²) in [5.41, 5.74) is 0.293.